The van der Waals surface area contributed by atoms with Crippen LogP contribution in [0.5, 0.6) is 0 Å². The van der Waals surface area contributed by atoms with Crippen molar-refractivity contribution in [2.75, 3.05) is 5.73 Å². The summed E-state index contributed by atoms with van der Waals surface area (Å²) in [7, 11) is 0. The third-order valence-electron chi connectivity index (χ3n) is 4.40. The number of nitrogens with two attached hydrogens (primary N) is 1. The summed E-state index contributed by atoms with van der Waals surface area (Å²) in [6.07, 6.45) is 5.10. The van der Waals surface area contributed by atoms with Crippen molar-refractivity contribution >= 4 is 33.1 Å². The molecule has 0 unspecified atom stereocenters. The number of aryl methyl sites for hydroxylation is 2. The molecule has 0 bridgehead atoms. The minimum absolute atomic E-state index is 0.0839. The minimum atomic E-state index is -0.402. The van der Waals surface area contributed by atoms with Gasteiger partial charge in [-0.05, 0) is 36.8 Å². The van der Waals surface area contributed by atoms with Crippen molar-refractivity contribution in [2.24, 2.45) is 0 Å². The van der Waals surface area contributed by atoms with E-state index in [1.807, 2.05) is 0 Å². The van der Waals surface area contributed by atoms with Crippen molar-refractivity contribution in [1.82, 2.24) is 9.97 Å². The average Bonchev–Trinajstić information content (AvgIpc) is 2.94. The van der Waals surface area contributed by atoms with Crippen LogP contribution in [0.25, 0.3) is 10.2 Å². The van der Waals surface area contributed by atoms with Crippen LogP contribution in [-0.4, -0.2) is 14.9 Å². The first-order valence-corrected chi connectivity index (χ1v) is 8.73. The third-order valence-corrected chi connectivity index (χ3v) is 5.58. The summed E-state index contributed by atoms with van der Waals surface area (Å²) < 4.78 is 0. The summed E-state index contributed by atoms with van der Waals surface area (Å²) in [5, 5.41) is 11.8. The Hall–Kier alpha value is -2.54. The van der Waals surface area contributed by atoms with Crippen molar-refractivity contribution < 1.29 is 4.92 Å². The minimum Gasteiger partial charge on any atom is -0.383 e. The van der Waals surface area contributed by atoms with Crippen LogP contribution in [0.3, 0.4) is 0 Å². The number of fused-ring (bicyclic) bond motifs is 3. The number of thiophene rings is 1. The van der Waals surface area contributed by atoms with E-state index in [0.717, 1.165) is 28.6 Å². The van der Waals surface area contributed by atoms with E-state index in [9.17, 15) is 10.1 Å². The van der Waals surface area contributed by atoms with Gasteiger partial charge in [0.2, 0.25) is 0 Å². The summed E-state index contributed by atoms with van der Waals surface area (Å²) in [6, 6.07) is 6.48. The molecule has 0 saturated heterocycles. The maximum atomic E-state index is 10.7. The molecule has 2 aromatic heterocycles. The molecule has 0 saturated carbocycles. The molecule has 0 fully saturated rings. The van der Waals surface area contributed by atoms with Gasteiger partial charge in [-0.3, -0.25) is 10.1 Å². The van der Waals surface area contributed by atoms with Crippen LogP contribution in [0.1, 0.15) is 34.7 Å². The molecule has 1 aromatic carbocycles. The van der Waals surface area contributed by atoms with Crippen molar-refractivity contribution in [3.8, 4) is 0 Å². The number of rotatable bonds is 3. The second-order valence-corrected chi connectivity index (χ2v) is 7.10. The SMILES string of the molecule is Nc1nc(Cc2ccc([N+](=O)[O-])cc2)nc2sc3c(c12)CCCC3. The van der Waals surface area contributed by atoms with Gasteiger partial charge in [-0.1, -0.05) is 12.1 Å². The Morgan fingerprint density at radius 2 is 1.92 bits per heavy atom. The van der Waals surface area contributed by atoms with Gasteiger partial charge in [-0.25, -0.2) is 9.97 Å². The lowest BCUT2D eigenvalue weighted by molar-refractivity contribution is -0.384. The number of nitrogen functional groups attached to an aromatic ring is 1. The number of nitro groups is 1. The van der Waals surface area contributed by atoms with E-state index < -0.39 is 4.92 Å². The predicted molar refractivity (Wildman–Crippen MR) is 94.4 cm³/mol. The number of nitro benzene ring substituents is 1. The monoisotopic (exact) mass is 340 g/mol. The largest absolute Gasteiger partial charge is 0.383 e. The first kappa shape index (κ1) is 15.0. The molecule has 3 aromatic rings. The molecule has 4 rings (SSSR count). The van der Waals surface area contributed by atoms with Crippen LogP contribution >= 0.6 is 11.3 Å². The smallest absolute Gasteiger partial charge is 0.269 e. The van der Waals surface area contributed by atoms with Crippen molar-refractivity contribution in [3.63, 3.8) is 0 Å². The number of anilines is 1. The Kier molecular flexibility index (Phi) is 3.65. The van der Waals surface area contributed by atoms with Crippen molar-refractivity contribution in [1.29, 1.82) is 0 Å². The Morgan fingerprint density at radius 3 is 2.67 bits per heavy atom. The molecule has 2 N–H and O–H groups in total. The normalized spacial score (nSPS) is 13.8. The van der Waals surface area contributed by atoms with E-state index in [4.69, 9.17) is 5.73 Å². The zero-order chi connectivity index (χ0) is 16.7. The molecule has 0 radical (unpaired) electrons. The summed E-state index contributed by atoms with van der Waals surface area (Å²) in [4.78, 5) is 21.8. The highest BCUT2D eigenvalue weighted by molar-refractivity contribution is 7.19. The first-order chi connectivity index (χ1) is 11.6. The molecule has 0 atom stereocenters. The second kappa shape index (κ2) is 5.83. The zero-order valence-corrected chi connectivity index (χ0v) is 13.8. The fourth-order valence-electron chi connectivity index (χ4n) is 3.23. The van der Waals surface area contributed by atoms with E-state index >= 15 is 0 Å². The van der Waals surface area contributed by atoms with Crippen molar-refractivity contribution in [3.05, 3.63) is 56.2 Å². The zero-order valence-electron chi connectivity index (χ0n) is 13.0. The van der Waals surface area contributed by atoms with E-state index in [1.54, 1.807) is 23.5 Å². The molecule has 1 aliphatic rings. The molecule has 0 spiro atoms. The van der Waals surface area contributed by atoms with E-state index in [-0.39, 0.29) is 5.69 Å². The van der Waals surface area contributed by atoms with Gasteiger partial charge in [0.05, 0.1) is 10.3 Å². The van der Waals surface area contributed by atoms with Gasteiger partial charge in [-0.15, -0.1) is 11.3 Å². The molecule has 24 heavy (non-hydrogen) atoms. The lowest BCUT2D eigenvalue weighted by atomic mass is 9.97. The Balaban J connectivity index is 1.68. The van der Waals surface area contributed by atoms with E-state index in [0.29, 0.717) is 18.1 Å². The number of hydrogen-bond donors (Lipinski definition) is 1. The third kappa shape index (κ3) is 2.60. The molecular formula is C17H16N4O2S. The topological polar surface area (TPSA) is 94.9 Å². The standard InChI is InChI=1S/C17H16N4O2S/c18-16-15-12-3-1-2-4-13(12)24-17(15)20-14(19-16)9-10-5-7-11(8-6-10)21(22)23/h5-8H,1-4,9H2,(H2,18,19,20). The maximum absolute atomic E-state index is 10.7. The van der Waals surface area contributed by atoms with Gasteiger partial charge in [0.15, 0.2) is 0 Å². The second-order valence-electron chi connectivity index (χ2n) is 6.02. The van der Waals surface area contributed by atoms with E-state index in [1.165, 1.54) is 35.4 Å². The van der Waals surface area contributed by atoms with Gasteiger partial charge in [0.25, 0.3) is 5.69 Å². The van der Waals surface area contributed by atoms with Gasteiger partial charge in [0, 0.05) is 23.4 Å². The van der Waals surface area contributed by atoms with Gasteiger partial charge < -0.3 is 5.73 Å². The number of nitrogens with zero attached hydrogens (tertiary/aromatic N) is 3. The van der Waals surface area contributed by atoms with Gasteiger partial charge in [0.1, 0.15) is 16.5 Å². The molecule has 7 heteroatoms. The molecule has 1 aliphatic carbocycles. The first-order valence-electron chi connectivity index (χ1n) is 7.92. The molecule has 122 valence electrons. The average molecular weight is 340 g/mol. The van der Waals surface area contributed by atoms with Gasteiger partial charge >= 0.3 is 0 Å². The highest BCUT2D eigenvalue weighted by Crippen LogP contribution is 2.37. The summed E-state index contributed by atoms with van der Waals surface area (Å²) in [5.74, 6) is 1.21. The number of benzene rings is 1. The van der Waals surface area contributed by atoms with Crippen LogP contribution < -0.4 is 5.73 Å². The number of non-ortho nitro benzene ring substituents is 1. The number of hydrogen-bond acceptors (Lipinski definition) is 6. The quantitative estimate of drug-likeness (QED) is 0.580. The summed E-state index contributed by atoms with van der Waals surface area (Å²) in [5.41, 5.74) is 8.56. The number of aromatic nitrogens is 2. The summed E-state index contributed by atoms with van der Waals surface area (Å²) >= 11 is 1.72. The molecule has 2 heterocycles. The Bertz CT molecular complexity index is 934. The van der Waals surface area contributed by atoms with Crippen LogP contribution in [0, 0.1) is 10.1 Å². The highest BCUT2D eigenvalue weighted by atomic mass is 32.1. The molecule has 0 amide bonds. The predicted octanol–water partition coefficient (Wildman–Crippen LogP) is 3.65. The molecule has 0 aliphatic heterocycles. The Morgan fingerprint density at radius 1 is 1.17 bits per heavy atom. The lowest BCUT2D eigenvalue weighted by Crippen LogP contribution is -2.03. The van der Waals surface area contributed by atoms with Gasteiger partial charge in [-0.2, -0.15) is 0 Å². The highest BCUT2D eigenvalue weighted by Gasteiger charge is 2.20. The maximum Gasteiger partial charge on any atom is 0.269 e. The fraction of sp³-hybridized carbons (Fsp3) is 0.294. The van der Waals surface area contributed by atoms with Crippen LogP contribution in [-0.2, 0) is 19.3 Å². The van der Waals surface area contributed by atoms with Crippen LogP contribution in [0.15, 0.2) is 24.3 Å². The van der Waals surface area contributed by atoms with Crippen molar-refractivity contribution in [2.45, 2.75) is 32.1 Å². The summed E-state index contributed by atoms with van der Waals surface area (Å²) in [6.45, 7) is 0. The van der Waals surface area contributed by atoms with Crippen LogP contribution in [0.2, 0.25) is 0 Å². The van der Waals surface area contributed by atoms with Crippen LogP contribution in [0.4, 0.5) is 11.5 Å². The van der Waals surface area contributed by atoms with E-state index in [2.05, 4.69) is 9.97 Å². The molecular weight excluding hydrogens is 324 g/mol. The lowest BCUT2D eigenvalue weighted by Gasteiger charge is -2.10. The molecule has 6 nitrogen and oxygen atoms in total. The fourth-order valence-corrected chi connectivity index (χ4v) is 4.52. The Labute approximate surface area is 142 Å².